The number of fused-ring (bicyclic) bond motifs is 6. The first kappa shape index (κ1) is 35.3. The molecule has 0 aliphatic rings. The Morgan fingerprint density at radius 3 is 1.73 bits per heavy atom. The highest BCUT2D eigenvalue weighted by Gasteiger charge is 2.25. The molecule has 8 heteroatoms. The Bertz CT molecular complexity index is 3490. The number of rotatable bonds is 5. The molecule has 0 aliphatic heterocycles. The van der Waals surface area contributed by atoms with Crippen molar-refractivity contribution in [1.29, 1.82) is 0 Å². The first-order valence-electron chi connectivity index (χ1n) is 20.5. The fourth-order valence-electron chi connectivity index (χ4n) is 9.62. The largest absolute Gasteiger partial charge is 0.456 e. The molecule has 0 amide bonds. The zero-order chi connectivity index (χ0) is 39.9. The van der Waals surface area contributed by atoms with Gasteiger partial charge in [0.25, 0.3) is 0 Å². The monoisotopic (exact) mass is 748 g/mol. The van der Waals surface area contributed by atoms with Gasteiger partial charge in [-0.15, -0.1) is 5.46 Å². The molecule has 0 saturated carbocycles. The summed E-state index contributed by atoms with van der Waals surface area (Å²) < 4.78 is 8.74. The minimum Gasteiger partial charge on any atom is -0.456 e. The summed E-state index contributed by atoms with van der Waals surface area (Å²) in [5, 5.41) is 7.04. The highest BCUT2D eigenvalue weighted by atomic mass is 16.3. The van der Waals surface area contributed by atoms with Gasteiger partial charge in [0.1, 0.15) is 56.2 Å². The number of hydrogen-bond acceptors (Lipinski definition) is 2. The van der Waals surface area contributed by atoms with Gasteiger partial charge in [-0.3, -0.25) is 4.57 Å². The second-order valence-electron chi connectivity index (χ2n) is 16.0. The molecule has 0 spiro atoms. The number of aromatic nitrogens is 2. The molecule has 9 aromatic carbocycles. The highest BCUT2D eigenvalue weighted by Crippen LogP contribution is 2.48. The maximum absolute atomic E-state index is 6.32. The summed E-state index contributed by atoms with van der Waals surface area (Å²) in [6.07, 6.45) is 0. The van der Waals surface area contributed by atoms with Crippen LogP contribution in [0.5, 0.6) is 0 Å². The van der Waals surface area contributed by atoms with Crippen LogP contribution in [0.4, 0.5) is 0 Å². The van der Waals surface area contributed by atoms with Crippen LogP contribution in [0.25, 0.3) is 105 Å². The van der Waals surface area contributed by atoms with E-state index in [0.717, 1.165) is 55.5 Å². The normalized spacial score (nSPS) is 11.7. The van der Waals surface area contributed by atoms with Crippen molar-refractivity contribution in [3.8, 4) is 50.5 Å². The maximum Gasteiger partial charge on any atom is 0.146 e. The Morgan fingerprint density at radius 2 is 0.949 bits per heavy atom. The minimum absolute atomic E-state index is 0.895. The zero-order valence-corrected chi connectivity index (χ0v) is 33.9. The third-order valence-electron chi connectivity index (χ3n) is 13.0. The average molecular weight is 748 g/mol. The molecule has 0 aliphatic carbocycles. The number of para-hydroxylation sites is 3. The molecule has 3 nitrogen and oxygen atoms in total. The molecule has 2 heterocycles. The summed E-state index contributed by atoms with van der Waals surface area (Å²) in [6.45, 7) is 0. The molecule has 11 aromatic rings. The molecule has 0 radical (unpaired) electrons. The van der Waals surface area contributed by atoms with Crippen LogP contribution >= 0.6 is 0 Å². The van der Waals surface area contributed by atoms with Gasteiger partial charge in [-0.25, -0.2) is 4.98 Å². The Labute approximate surface area is 347 Å². The average Bonchev–Trinajstić information content (AvgIpc) is 3.85. The fourth-order valence-corrected chi connectivity index (χ4v) is 9.62. The van der Waals surface area contributed by atoms with Crippen molar-refractivity contribution < 1.29 is 4.42 Å². The molecule has 0 fully saturated rings. The molecule has 0 bridgehead atoms. The van der Waals surface area contributed by atoms with Crippen molar-refractivity contribution in [2.24, 2.45) is 0 Å². The van der Waals surface area contributed by atoms with Crippen molar-refractivity contribution in [1.82, 2.24) is 9.55 Å². The molecule has 0 N–H and O–H groups in total. The van der Waals surface area contributed by atoms with Crippen molar-refractivity contribution >= 4 is 121 Å². The highest BCUT2D eigenvalue weighted by molar-refractivity contribution is 6.68. The van der Waals surface area contributed by atoms with E-state index >= 15 is 0 Å². The van der Waals surface area contributed by atoms with Gasteiger partial charge >= 0.3 is 0 Å². The van der Waals surface area contributed by atoms with Crippen LogP contribution in [-0.4, -0.2) is 48.8 Å². The van der Waals surface area contributed by atoms with E-state index in [1.807, 2.05) is 6.07 Å². The van der Waals surface area contributed by atoms with Crippen LogP contribution < -0.4 is 27.3 Å². The number of hydrogen-bond donors (Lipinski definition) is 0. The van der Waals surface area contributed by atoms with Gasteiger partial charge in [0.05, 0.1) is 11.0 Å². The molecule has 2 aromatic heterocycles. The van der Waals surface area contributed by atoms with Crippen molar-refractivity contribution in [2.45, 2.75) is 0 Å². The quantitative estimate of drug-likeness (QED) is 0.180. The number of nitrogens with zero attached hydrogens (tertiary/aromatic N) is 2. The summed E-state index contributed by atoms with van der Waals surface area (Å²) >= 11 is 0. The van der Waals surface area contributed by atoms with Crippen molar-refractivity contribution in [2.75, 3.05) is 0 Å². The second kappa shape index (κ2) is 13.6. The SMILES string of the molecule is Bc1c(B)c(B)c(-n2c(-c3ccccc3-c3c4ccccc4c(-c4ccc5oc6ccccc6c5c4)c4cc(-c5ccccc5)ccc34)nc3ccccc32)c(B)c1B. The Kier molecular flexibility index (Phi) is 8.13. The second-order valence-corrected chi connectivity index (χ2v) is 16.0. The lowest BCUT2D eigenvalue weighted by Crippen LogP contribution is -2.56. The number of furan rings is 1. The smallest absolute Gasteiger partial charge is 0.146 e. The zero-order valence-electron chi connectivity index (χ0n) is 33.9. The number of benzene rings is 9. The third kappa shape index (κ3) is 5.39. The minimum atomic E-state index is 0.895. The van der Waals surface area contributed by atoms with Crippen LogP contribution in [0.3, 0.4) is 0 Å². The lowest BCUT2D eigenvalue weighted by Gasteiger charge is -2.24. The van der Waals surface area contributed by atoms with E-state index < -0.39 is 0 Å². The van der Waals surface area contributed by atoms with Crippen LogP contribution in [0.2, 0.25) is 0 Å². The molecule has 0 unspecified atom stereocenters. The van der Waals surface area contributed by atoms with Gasteiger partial charge in [-0.05, 0) is 91.3 Å². The molecular formula is C51H37B5N2O. The van der Waals surface area contributed by atoms with Gasteiger partial charge < -0.3 is 4.42 Å². The van der Waals surface area contributed by atoms with Gasteiger partial charge in [0.15, 0.2) is 0 Å². The topological polar surface area (TPSA) is 31.0 Å². The molecule has 0 saturated heterocycles. The lowest BCUT2D eigenvalue weighted by molar-refractivity contribution is 0.669. The fraction of sp³-hybridized carbons (Fsp3) is 0. The summed E-state index contributed by atoms with van der Waals surface area (Å²) in [7, 11) is 11.3. The molecule has 59 heavy (non-hydrogen) atoms. The predicted octanol–water partition coefficient (Wildman–Crippen LogP) is 5.19. The molecule has 11 rings (SSSR count). The van der Waals surface area contributed by atoms with Crippen LogP contribution in [0.15, 0.2) is 168 Å². The van der Waals surface area contributed by atoms with Gasteiger partial charge in [0, 0.05) is 22.0 Å². The summed E-state index contributed by atoms with van der Waals surface area (Å²) in [4.78, 5) is 5.49. The van der Waals surface area contributed by atoms with E-state index in [1.54, 1.807) is 0 Å². The van der Waals surface area contributed by atoms with Crippen molar-refractivity contribution in [3.63, 3.8) is 0 Å². The Hall–Kier alpha value is -6.91. The Balaban J connectivity index is 1.25. The molecule has 0 atom stereocenters. The summed E-state index contributed by atoms with van der Waals surface area (Å²) in [6, 6.07) is 59.2. The van der Waals surface area contributed by atoms with E-state index in [4.69, 9.17) is 9.40 Å². The molecule has 272 valence electrons. The predicted molar refractivity (Wildman–Crippen MR) is 266 cm³/mol. The number of imidazole rings is 1. The maximum atomic E-state index is 6.32. The van der Waals surface area contributed by atoms with Crippen LogP contribution in [-0.2, 0) is 0 Å². The summed E-state index contributed by atoms with van der Waals surface area (Å²) in [5.41, 5.74) is 19.8. The van der Waals surface area contributed by atoms with E-state index in [0.29, 0.717) is 0 Å². The van der Waals surface area contributed by atoms with E-state index in [2.05, 4.69) is 202 Å². The van der Waals surface area contributed by atoms with Crippen LogP contribution in [0.1, 0.15) is 0 Å². The van der Waals surface area contributed by atoms with E-state index in [9.17, 15) is 0 Å². The Morgan fingerprint density at radius 1 is 0.390 bits per heavy atom. The first-order chi connectivity index (χ1) is 28.9. The van der Waals surface area contributed by atoms with E-state index in [1.165, 1.54) is 76.8 Å². The van der Waals surface area contributed by atoms with E-state index in [-0.39, 0.29) is 0 Å². The summed E-state index contributed by atoms with van der Waals surface area (Å²) in [5.74, 6) is 0.940. The van der Waals surface area contributed by atoms with Crippen molar-refractivity contribution in [3.05, 3.63) is 164 Å². The van der Waals surface area contributed by atoms with Gasteiger partial charge in [-0.1, -0.05) is 149 Å². The van der Waals surface area contributed by atoms with Crippen LogP contribution in [0, 0.1) is 0 Å². The van der Waals surface area contributed by atoms with Gasteiger partial charge in [0.2, 0.25) is 0 Å². The first-order valence-corrected chi connectivity index (χ1v) is 20.5. The lowest BCUT2D eigenvalue weighted by atomic mass is 9.61. The molecular weight excluding hydrogens is 711 g/mol. The standard InChI is InChI=1S/C51H37B5N2O/c52-45-46(53)48(55)50(49(56)47(45)54)58-40-20-10-9-19-39(40)57-51(58)36-18-7-6-17-34(36)44-33-16-5-4-15-32(33)43(38-26-29(22-24-35(38)44)28-12-2-1-3-13-28)30-23-25-42-37(27-30)31-14-8-11-21-41(31)59-42/h1-27H,52-56H2. The third-order valence-corrected chi connectivity index (χ3v) is 13.0. The van der Waals surface area contributed by atoms with Gasteiger partial charge in [-0.2, -0.15) is 0 Å².